The minimum atomic E-state index is -0.775. The fourth-order valence-electron chi connectivity index (χ4n) is 6.15. The molecule has 0 aromatic rings. The zero-order valence-electron chi connectivity index (χ0n) is 33.2. The molecular formula is C45H82O5. The molecule has 0 aromatic carbocycles. The van der Waals surface area contributed by atoms with Gasteiger partial charge in [-0.1, -0.05) is 192 Å². The molecule has 0 aliphatic rings. The average Bonchev–Trinajstić information content (AvgIpc) is 3.12. The van der Waals surface area contributed by atoms with E-state index >= 15 is 0 Å². The van der Waals surface area contributed by atoms with E-state index in [1.54, 1.807) is 0 Å². The number of carbonyl (C=O) groups is 2. The molecule has 5 heteroatoms. The maximum Gasteiger partial charge on any atom is 0.306 e. The van der Waals surface area contributed by atoms with Crippen molar-refractivity contribution in [2.45, 2.75) is 225 Å². The highest BCUT2D eigenvalue weighted by Crippen LogP contribution is 2.15. The molecule has 0 saturated heterocycles. The predicted octanol–water partition coefficient (Wildman–Crippen LogP) is 13.6. The van der Waals surface area contributed by atoms with Crippen molar-refractivity contribution in [2.24, 2.45) is 0 Å². The van der Waals surface area contributed by atoms with Gasteiger partial charge in [0.1, 0.15) is 6.61 Å². The Morgan fingerprint density at radius 2 is 0.800 bits per heavy atom. The largest absolute Gasteiger partial charge is 0.462 e. The van der Waals surface area contributed by atoms with E-state index in [4.69, 9.17) is 9.47 Å². The number of esters is 2. The van der Waals surface area contributed by atoms with Crippen molar-refractivity contribution in [2.75, 3.05) is 13.2 Å². The summed E-state index contributed by atoms with van der Waals surface area (Å²) in [6.07, 6.45) is 50.6. The maximum absolute atomic E-state index is 12.2. The summed E-state index contributed by atoms with van der Waals surface area (Å²) in [5.41, 5.74) is 0. The minimum absolute atomic E-state index is 0.0682. The van der Waals surface area contributed by atoms with E-state index in [9.17, 15) is 14.7 Å². The highest BCUT2D eigenvalue weighted by atomic mass is 16.6. The van der Waals surface area contributed by atoms with Gasteiger partial charge in [0.15, 0.2) is 6.10 Å². The Balaban J connectivity index is 3.55. The van der Waals surface area contributed by atoms with Gasteiger partial charge in [0.25, 0.3) is 0 Å². The van der Waals surface area contributed by atoms with Gasteiger partial charge in [-0.25, -0.2) is 0 Å². The topological polar surface area (TPSA) is 72.8 Å². The molecule has 0 amide bonds. The van der Waals surface area contributed by atoms with Crippen LogP contribution in [0.4, 0.5) is 0 Å². The summed E-state index contributed by atoms with van der Waals surface area (Å²) in [6.45, 7) is 4.12. The molecule has 5 nitrogen and oxygen atoms in total. The SMILES string of the molecule is CCCCC/C=C\C/C=C\C/C=C\CCCCCCCCC(=O)O[C@@H](CO)COC(=O)CCCCCCCCCCCCCCCCCCC. The van der Waals surface area contributed by atoms with Crippen LogP contribution < -0.4 is 0 Å². The summed E-state index contributed by atoms with van der Waals surface area (Å²) in [4.78, 5) is 24.3. The van der Waals surface area contributed by atoms with Gasteiger partial charge in [-0.2, -0.15) is 0 Å². The zero-order chi connectivity index (χ0) is 36.4. The van der Waals surface area contributed by atoms with Gasteiger partial charge in [0.05, 0.1) is 6.61 Å². The Morgan fingerprint density at radius 1 is 0.460 bits per heavy atom. The first-order valence-electron chi connectivity index (χ1n) is 21.5. The van der Waals surface area contributed by atoms with Crippen molar-refractivity contribution in [3.8, 4) is 0 Å². The van der Waals surface area contributed by atoms with E-state index in [2.05, 4.69) is 50.3 Å². The van der Waals surface area contributed by atoms with Gasteiger partial charge in [-0.3, -0.25) is 9.59 Å². The van der Waals surface area contributed by atoms with Gasteiger partial charge >= 0.3 is 11.9 Å². The summed E-state index contributed by atoms with van der Waals surface area (Å²) in [5.74, 6) is -0.598. The number of aliphatic hydroxyl groups excluding tert-OH is 1. The number of unbranched alkanes of at least 4 members (excludes halogenated alkanes) is 25. The third-order valence-electron chi connectivity index (χ3n) is 9.44. The van der Waals surface area contributed by atoms with Crippen molar-refractivity contribution < 1.29 is 24.2 Å². The van der Waals surface area contributed by atoms with Gasteiger partial charge in [0.2, 0.25) is 0 Å². The molecule has 0 fully saturated rings. The number of allylic oxidation sites excluding steroid dienone is 6. The molecular weight excluding hydrogens is 620 g/mol. The molecule has 0 heterocycles. The minimum Gasteiger partial charge on any atom is -0.462 e. The fourth-order valence-corrected chi connectivity index (χ4v) is 6.15. The van der Waals surface area contributed by atoms with Crippen molar-refractivity contribution in [3.63, 3.8) is 0 Å². The molecule has 50 heavy (non-hydrogen) atoms. The van der Waals surface area contributed by atoms with Crippen LogP contribution in [-0.4, -0.2) is 36.4 Å². The molecule has 0 rings (SSSR count). The van der Waals surface area contributed by atoms with Crippen LogP contribution in [0.3, 0.4) is 0 Å². The molecule has 0 radical (unpaired) electrons. The van der Waals surface area contributed by atoms with Crippen LogP contribution in [0.15, 0.2) is 36.5 Å². The van der Waals surface area contributed by atoms with Crippen LogP contribution in [0.1, 0.15) is 219 Å². The number of carbonyl (C=O) groups excluding carboxylic acids is 2. The number of aliphatic hydroxyl groups is 1. The Hall–Kier alpha value is -1.88. The van der Waals surface area contributed by atoms with Gasteiger partial charge < -0.3 is 14.6 Å². The molecule has 0 saturated carbocycles. The normalized spacial score (nSPS) is 12.5. The quantitative estimate of drug-likeness (QED) is 0.0392. The van der Waals surface area contributed by atoms with Crippen LogP contribution in [-0.2, 0) is 19.1 Å². The molecule has 0 aliphatic heterocycles. The van der Waals surface area contributed by atoms with Crippen LogP contribution in [0, 0.1) is 0 Å². The Kier molecular flexibility index (Phi) is 40.0. The van der Waals surface area contributed by atoms with E-state index in [-0.39, 0.29) is 25.2 Å². The molecule has 0 spiro atoms. The van der Waals surface area contributed by atoms with Crippen molar-refractivity contribution in [1.82, 2.24) is 0 Å². The Morgan fingerprint density at radius 3 is 1.24 bits per heavy atom. The second-order valence-corrected chi connectivity index (χ2v) is 14.4. The lowest BCUT2D eigenvalue weighted by Crippen LogP contribution is -2.28. The first-order chi connectivity index (χ1) is 24.6. The molecule has 0 bridgehead atoms. The smallest absolute Gasteiger partial charge is 0.306 e. The molecule has 0 aromatic heterocycles. The molecule has 292 valence electrons. The first-order valence-corrected chi connectivity index (χ1v) is 21.5. The molecule has 0 aliphatic carbocycles. The van der Waals surface area contributed by atoms with Crippen molar-refractivity contribution in [1.29, 1.82) is 0 Å². The zero-order valence-corrected chi connectivity index (χ0v) is 33.2. The highest BCUT2D eigenvalue weighted by molar-refractivity contribution is 5.70. The number of hydrogen-bond acceptors (Lipinski definition) is 5. The predicted molar refractivity (Wildman–Crippen MR) is 214 cm³/mol. The standard InChI is InChI=1S/C45H82O5/c1-3-5-7-9-11-13-15-17-19-21-22-24-26-28-30-32-34-36-38-40-45(48)50-43(41-46)42-49-44(47)39-37-35-33-31-29-27-25-23-20-18-16-14-12-10-8-6-4-2/h11,13,17,19,22,24,43,46H,3-10,12,14-16,18,20-21,23,25-42H2,1-2H3/b13-11-,19-17-,24-22-/t43-/m0/s1. The van der Waals surface area contributed by atoms with E-state index in [0.29, 0.717) is 12.8 Å². The number of hydrogen-bond donors (Lipinski definition) is 1. The number of ether oxygens (including phenoxy) is 2. The van der Waals surface area contributed by atoms with E-state index < -0.39 is 6.10 Å². The lowest BCUT2D eigenvalue weighted by molar-refractivity contribution is -0.161. The molecule has 1 N–H and O–H groups in total. The second-order valence-electron chi connectivity index (χ2n) is 14.4. The lowest BCUT2D eigenvalue weighted by atomic mass is 10.0. The number of rotatable bonds is 39. The van der Waals surface area contributed by atoms with E-state index in [1.807, 2.05) is 0 Å². The van der Waals surface area contributed by atoms with Crippen molar-refractivity contribution >= 4 is 11.9 Å². The van der Waals surface area contributed by atoms with E-state index in [1.165, 1.54) is 135 Å². The maximum atomic E-state index is 12.2. The summed E-state index contributed by atoms with van der Waals surface area (Å²) in [6, 6.07) is 0. The van der Waals surface area contributed by atoms with Crippen LogP contribution >= 0.6 is 0 Å². The highest BCUT2D eigenvalue weighted by Gasteiger charge is 2.16. The molecule has 1 atom stereocenters. The van der Waals surface area contributed by atoms with Crippen LogP contribution in [0.2, 0.25) is 0 Å². The third kappa shape index (κ3) is 38.9. The monoisotopic (exact) mass is 703 g/mol. The molecule has 0 unspecified atom stereocenters. The van der Waals surface area contributed by atoms with Crippen molar-refractivity contribution in [3.05, 3.63) is 36.5 Å². The Bertz CT molecular complexity index is 801. The summed E-state index contributed by atoms with van der Waals surface area (Å²) < 4.78 is 10.6. The fraction of sp³-hybridized carbons (Fsp3) is 0.822. The lowest BCUT2D eigenvalue weighted by Gasteiger charge is -2.15. The third-order valence-corrected chi connectivity index (χ3v) is 9.44. The van der Waals surface area contributed by atoms with Crippen LogP contribution in [0.5, 0.6) is 0 Å². The average molecular weight is 703 g/mol. The van der Waals surface area contributed by atoms with Gasteiger partial charge in [0, 0.05) is 12.8 Å². The van der Waals surface area contributed by atoms with Crippen LogP contribution in [0.25, 0.3) is 0 Å². The second kappa shape index (κ2) is 41.5. The summed E-state index contributed by atoms with van der Waals surface area (Å²) in [7, 11) is 0. The van der Waals surface area contributed by atoms with Gasteiger partial charge in [-0.15, -0.1) is 0 Å². The van der Waals surface area contributed by atoms with Gasteiger partial charge in [-0.05, 0) is 51.4 Å². The van der Waals surface area contributed by atoms with E-state index in [0.717, 1.165) is 57.8 Å². The summed E-state index contributed by atoms with van der Waals surface area (Å²) in [5, 5.41) is 9.58. The summed E-state index contributed by atoms with van der Waals surface area (Å²) >= 11 is 0. The first kappa shape index (κ1) is 48.1. The Labute approximate surface area is 310 Å².